The number of benzene rings is 1. The first kappa shape index (κ1) is 24.7. The molecular weight excluding hydrogens is 466 g/mol. The third-order valence-corrected chi connectivity index (χ3v) is 11.9. The molecule has 1 aliphatic heterocycles. The zero-order valence-electron chi connectivity index (χ0n) is 21.9. The molecule has 0 aromatic heterocycles. The Kier molecular flexibility index (Phi) is 5.33. The SMILES string of the molecule is C[C@]12C=CC(=O)C=C1CCC1C3C[C@H]4CN(C(=O)c5ccccc5)C[C@@]4(C(=O)CO)[C@@]3(C)C[C@H](O)[C@@]12C. The largest absolute Gasteiger partial charge is 0.392 e. The fraction of sp³-hybridized carbons (Fsp3) is 0.581. The number of rotatable bonds is 3. The number of nitrogens with zero attached hydrogens (tertiary/aromatic N) is 1. The van der Waals surface area contributed by atoms with Crippen LogP contribution in [0.5, 0.6) is 0 Å². The second-order valence-corrected chi connectivity index (χ2v) is 12.8. The number of allylic oxidation sites excluding steroid dienone is 4. The fourth-order valence-electron chi connectivity index (χ4n) is 9.78. The third-order valence-electron chi connectivity index (χ3n) is 11.9. The predicted molar refractivity (Wildman–Crippen MR) is 138 cm³/mol. The highest BCUT2D eigenvalue weighted by Crippen LogP contribution is 2.75. The highest BCUT2D eigenvalue weighted by Gasteiger charge is 2.75. The zero-order valence-corrected chi connectivity index (χ0v) is 21.9. The van der Waals surface area contributed by atoms with Crippen LogP contribution < -0.4 is 0 Å². The lowest BCUT2D eigenvalue weighted by molar-refractivity contribution is -0.191. The zero-order chi connectivity index (χ0) is 26.4. The molecule has 37 heavy (non-hydrogen) atoms. The molecule has 196 valence electrons. The number of carbonyl (C=O) groups is 3. The molecule has 6 nitrogen and oxygen atoms in total. The van der Waals surface area contributed by atoms with Crippen LogP contribution in [-0.4, -0.2) is 58.4 Å². The van der Waals surface area contributed by atoms with Crippen LogP contribution >= 0.6 is 0 Å². The molecule has 1 saturated heterocycles. The summed E-state index contributed by atoms with van der Waals surface area (Å²) in [5.74, 6) is 0.00689. The van der Waals surface area contributed by atoms with Crippen molar-refractivity contribution in [1.82, 2.24) is 4.90 Å². The van der Waals surface area contributed by atoms with Crippen LogP contribution in [-0.2, 0) is 9.59 Å². The average molecular weight is 504 g/mol. The van der Waals surface area contributed by atoms with Gasteiger partial charge in [0.1, 0.15) is 6.61 Å². The van der Waals surface area contributed by atoms with Crippen molar-refractivity contribution in [3.63, 3.8) is 0 Å². The molecule has 1 aromatic carbocycles. The molecule has 4 aliphatic carbocycles. The summed E-state index contributed by atoms with van der Waals surface area (Å²) in [6.07, 6.45) is 7.62. The predicted octanol–water partition coefficient (Wildman–Crippen LogP) is 3.59. The minimum absolute atomic E-state index is 0.00994. The lowest BCUT2D eigenvalue weighted by atomic mass is 9.39. The van der Waals surface area contributed by atoms with Crippen LogP contribution in [0, 0.1) is 39.4 Å². The normalized spacial score (nSPS) is 44.0. The minimum atomic E-state index is -0.880. The van der Waals surface area contributed by atoms with Crippen molar-refractivity contribution in [3.05, 3.63) is 59.7 Å². The van der Waals surface area contributed by atoms with Crippen molar-refractivity contribution >= 4 is 17.5 Å². The number of amides is 1. The molecule has 1 heterocycles. The minimum Gasteiger partial charge on any atom is -0.392 e. The Balaban J connectivity index is 1.41. The molecule has 0 bridgehead atoms. The summed E-state index contributed by atoms with van der Waals surface area (Å²) < 4.78 is 0. The number of aliphatic hydroxyl groups is 2. The van der Waals surface area contributed by atoms with E-state index >= 15 is 0 Å². The van der Waals surface area contributed by atoms with Crippen LogP contribution in [0.15, 0.2) is 54.1 Å². The van der Waals surface area contributed by atoms with Gasteiger partial charge in [0, 0.05) is 29.5 Å². The van der Waals surface area contributed by atoms with Gasteiger partial charge in [-0.2, -0.15) is 0 Å². The number of fused-ring (bicyclic) bond motifs is 7. The molecule has 8 atom stereocenters. The molecule has 5 aliphatic rings. The lowest BCUT2D eigenvalue weighted by Crippen LogP contribution is -2.65. The van der Waals surface area contributed by atoms with Crippen molar-refractivity contribution in [2.24, 2.45) is 39.4 Å². The van der Waals surface area contributed by atoms with Crippen LogP contribution in [0.2, 0.25) is 0 Å². The van der Waals surface area contributed by atoms with E-state index in [-0.39, 0.29) is 41.8 Å². The molecule has 0 radical (unpaired) electrons. The molecule has 0 spiro atoms. The van der Waals surface area contributed by atoms with Crippen molar-refractivity contribution in [3.8, 4) is 0 Å². The number of hydrogen-bond donors (Lipinski definition) is 2. The molecule has 1 amide bonds. The Morgan fingerprint density at radius 3 is 2.54 bits per heavy atom. The summed E-state index contributed by atoms with van der Waals surface area (Å²) in [4.78, 5) is 41.1. The number of Topliss-reactive ketones (excluding diaryl/α,β-unsaturated/α-hetero) is 1. The monoisotopic (exact) mass is 503 g/mol. The van der Waals surface area contributed by atoms with Gasteiger partial charge in [0.2, 0.25) is 0 Å². The Morgan fingerprint density at radius 2 is 1.84 bits per heavy atom. The Labute approximate surface area is 218 Å². The first-order valence-corrected chi connectivity index (χ1v) is 13.6. The van der Waals surface area contributed by atoms with Crippen molar-refractivity contribution in [2.75, 3.05) is 19.7 Å². The molecule has 1 aromatic rings. The summed E-state index contributed by atoms with van der Waals surface area (Å²) in [5, 5.41) is 22.2. The van der Waals surface area contributed by atoms with E-state index in [4.69, 9.17) is 0 Å². The summed E-state index contributed by atoms with van der Waals surface area (Å²) in [7, 11) is 0. The van der Waals surface area contributed by atoms with E-state index in [1.165, 1.54) is 0 Å². The topological polar surface area (TPSA) is 94.9 Å². The third kappa shape index (κ3) is 2.92. The van der Waals surface area contributed by atoms with E-state index in [1.54, 1.807) is 29.2 Å². The van der Waals surface area contributed by atoms with E-state index in [0.29, 0.717) is 18.5 Å². The van der Waals surface area contributed by atoms with E-state index in [1.807, 2.05) is 24.3 Å². The molecule has 6 heteroatoms. The molecule has 2 unspecified atom stereocenters. The number of ketones is 2. The van der Waals surface area contributed by atoms with E-state index in [2.05, 4.69) is 20.8 Å². The van der Waals surface area contributed by atoms with Crippen molar-refractivity contribution in [2.45, 2.75) is 52.6 Å². The first-order valence-electron chi connectivity index (χ1n) is 13.6. The molecular formula is C31H37NO5. The smallest absolute Gasteiger partial charge is 0.253 e. The maximum atomic E-state index is 13.7. The van der Waals surface area contributed by atoms with Gasteiger partial charge < -0.3 is 15.1 Å². The number of carbonyl (C=O) groups excluding carboxylic acids is 3. The molecule has 2 N–H and O–H groups in total. The summed E-state index contributed by atoms with van der Waals surface area (Å²) in [6.45, 7) is 6.68. The second kappa shape index (κ2) is 7.97. The lowest BCUT2D eigenvalue weighted by Gasteiger charge is -2.66. The van der Waals surface area contributed by atoms with Crippen LogP contribution in [0.1, 0.15) is 56.8 Å². The highest BCUT2D eigenvalue weighted by molar-refractivity contribution is 6.01. The van der Waals surface area contributed by atoms with Gasteiger partial charge in [-0.1, -0.05) is 50.6 Å². The Hall–Kier alpha value is -2.57. The van der Waals surface area contributed by atoms with Crippen LogP contribution in [0.25, 0.3) is 0 Å². The average Bonchev–Trinajstić information content (AvgIpc) is 3.38. The van der Waals surface area contributed by atoms with Gasteiger partial charge in [0.15, 0.2) is 11.6 Å². The van der Waals surface area contributed by atoms with Gasteiger partial charge in [-0.3, -0.25) is 14.4 Å². The number of hydrogen-bond acceptors (Lipinski definition) is 5. The number of aliphatic hydroxyl groups excluding tert-OH is 2. The summed E-state index contributed by atoms with van der Waals surface area (Å²) >= 11 is 0. The highest BCUT2D eigenvalue weighted by atomic mass is 16.3. The van der Waals surface area contributed by atoms with Gasteiger partial charge in [-0.15, -0.1) is 0 Å². The quantitative estimate of drug-likeness (QED) is 0.658. The van der Waals surface area contributed by atoms with Gasteiger partial charge in [-0.05, 0) is 73.1 Å². The van der Waals surface area contributed by atoms with Gasteiger partial charge in [0.25, 0.3) is 5.91 Å². The maximum absolute atomic E-state index is 13.7. The van der Waals surface area contributed by atoms with Crippen LogP contribution in [0.4, 0.5) is 0 Å². The standard InChI is InChI=1S/C31H37NO5/c1-28-12-11-22(34)13-20(28)9-10-23-24-14-21-16-32(27(37)19-7-5-4-6-8-19)18-31(21,26(36)17-33)29(24,2)15-25(35)30(23,28)3/h4-8,11-13,21,23-25,33,35H,9-10,14-18H2,1-3H3/t21-,23?,24?,25-,28-,29-,30+,31+/m0/s1. The Morgan fingerprint density at radius 1 is 1.11 bits per heavy atom. The van der Waals surface area contributed by atoms with Gasteiger partial charge in [-0.25, -0.2) is 0 Å². The summed E-state index contributed by atoms with van der Waals surface area (Å²) in [5.41, 5.74) is -0.621. The maximum Gasteiger partial charge on any atom is 0.253 e. The van der Waals surface area contributed by atoms with Crippen LogP contribution in [0.3, 0.4) is 0 Å². The molecule has 3 saturated carbocycles. The van der Waals surface area contributed by atoms with Crippen molar-refractivity contribution in [1.29, 1.82) is 0 Å². The molecule has 6 rings (SSSR count). The Bertz CT molecular complexity index is 1240. The molecule has 4 fully saturated rings. The first-order chi connectivity index (χ1) is 17.5. The van der Waals surface area contributed by atoms with Crippen molar-refractivity contribution < 1.29 is 24.6 Å². The second-order valence-electron chi connectivity index (χ2n) is 12.8. The van der Waals surface area contributed by atoms with E-state index in [0.717, 1.165) is 24.8 Å². The van der Waals surface area contributed by atoms with E-state index < -0.39 is 34.4 Å². The fourth-order valence-corrected chi connectivity index (χ4v) is 9.78. The van der Waals surface area contributed by atoms with Gasteiger partial charge >= 0.3 is 0 Å². The van der Waals surface area contributed by atoms with E-state index in [9.17, 15) is 24.6 Å². The van der Waals surface area contributed by atoms with Gasteiger partial charge in [0.05, 0.1) is 11.5 Å². The summed E-state index contributed by atoms with van der Waals surface area (Å²) in [6, 6.07) is 9.16. The number of likely N-dealkylation sites (tertiary alicyclic amines) is 1.